The molecule has 0 atom stereocenters. The van der Waals surface area contributed by atoms with E-state index in [1.165, 1.54) is 19.2 Å². The summed E-state index contributed by atoms with van der Waals surface area (Å²) in [5.41, 5.74) is 0.866. The molecule has 0 saturated heterocycles. The third kappa shape index (κ3) is 5.48. The zero-order valence-corrected chi connectivity index (χ0v) is 16.0. The van der Waals surface area contributed by atoms with Crippen LogP contribution in [0.3, 0.4) is 0 Å². The molecule has 0 saturated carbocycles. The van der Waals surface area contributed by atoms with E-state index in [1.54, 1.807) is 31.2 Å². The second-order valence-corrected chi connectivity index (χ2v) is 5.94. The smallest absolute Gasteiger partial charge is 0.311 e. The average Bonchev–Trinajstić information content (AvgIpc) is 2.67. The van der Waals surface area contributed by atoms with Crippen molar-refractivity contribution in [3.8, 4) is 5.75 Å². The number of benzene rings is 2. The van der Waals surface area contributed by atoms with Gasteiger partial charge in [-0.25, -0.2) is 0 Å². The van der Waals surface area contributed by atoms with Gasteiger partial charge >= 0.3 is 5.69 Å². The van der Waals surface area contributed by atoms with Crippen LogP contribution in [0.4, 0.5) is 17.1 Å². The summed E-state index contributed by atoms with van der Waals surface area (Å²) in [6, 6.07) is 10.6. The highest BCUT2D eigenvalue weighted by atomic mass is 32.1. The minimum absolute atomic E-state index is 0.00226. The van der Waals surface area contributed by atoms with E-state index in [4.69, 9.17) is 17.0 Å². The van der Waals surface area contributed by atoms with Crippen LogP contribution in [0.2, 0.25) is 0 Å². The van der Waals surface area contributed by atoms with Crippen molar-refractivity contribution in [1.29, 1.82) is 0 Å². The lowest BCUT2D eigenvalue weighted by molar-refractivity contribution is -0.385. The number of hydrogen-bond acceptors (Lipinski definition) is 6. The van der Waals surface area contributed by atoms with Gasteiger partial charge in [0, 0.05) is 29.4 Å². The van der Waals surface area contributed by atoms with Gasteiger partial charge in [-0.3, -0.25) is 25.0 Å². The van der Waals surface area contributed by atoms with E-state index in [9.17, 15) is 19.7 Å². The highest BCUT2D eigenvalue weighted by Gasteiger charge is 2.18. The molecule has 0 unspecified atom stereocenters. The van der Waals surface area contributed by atoms with Gasteiger partial charge in [0.1, 0.15) is 0 Å². The topological polar surface area (TPSA) is 123 Å². The fraction of sp³-hybridized carbons (Fsp3) is 0.167. The molecule has 0 spiro atoms. The minimum atomic E-state index is -0.637. The van der Waals surface area contributed by atoms with E-state index in [-0.39, 0.29) is 28.0 Å². The van der Waals surface area contributed by atoms with Crippen molar-refractivity contribution in [3.05, 3.63) is 58.1 Å². The molecule has 0 fully saturated rings. The number of nitro groups is 1. The fourth-order valence-electron chi connectivity index (χ4n) is 2.24. The molecule has 3 N–H and O–H groups in total. The number of amides is 2. The number of nitrogens with zero attached hydrogens (tertiary/aromatic N) is 1. The third-order valence-electron chi connectivity index (χ3n) is 3.59. The maximum Gasteiger partial charge on any atom is 0.311 e. The number of rotatable bonds is 6. The van der Waals surface area contributed by atoms with Crippen LogP contribution in [0.1, 0.15) is 23.7 Å². The first-order chi connectivity index (χ1) is 13.3. The molecule has 0 aliphatic carbocycles. The Balaban J connectivity index is 2.06. The molecule has 2 rings (SSSR count). The van der Waals surface area contributed by atoms with Gasteiger partial charge in [-0.1, -0.05) is 13.0 Å². The third-order valence-corrected chi connectivity index (χ3v) is 3.79. The monoisotopic (exact) mass is 402 g/mol. The maximum atomic E-state index is 12.3. The number of nitro benzene ring substituents is 1. The second-order valence-electron chi connectivity index (χ2n) is 5.53. The van der Waals surface area contributed by atoms with Crippen molar-refractivity contribution >= 4 is 46.2 Å². The summed E-state index contributed by atoms with van der Waals surface area (Å²) < 4.78 is 4.91. The zero-order chi connectivity index (χ0) is 20.7. The van der Waals surface area contributed by atoms with Crippen molar-refractivity contribution in [2.24, 2.45) is 0 Å². The largest absolute Gasteiger partial charge is 0.490 e. The number of hydrogen-bond donors (Lipinski definition) is 3. The Morgan fingerprint density at radius 2 is 1.82 bits per heavy atom. The number of methoxy groups -OCH3 is 1. The van der Waals surface area contributed by atoms with E-state index in [1.807, 2.05) is 0 Å². The molecule has 0 aliphatic heterocycles. The van der Waals surface area contributed by atoms with Gasteiger partial charge in [0.15, 0.2) is 10.9 Å². The summed E-state index contributed by atoms with van der Waals surface area (Å²) in [6.07, 6.45) is 0.347. The first kappa shape index (κ1) is 20.8. The van der Waals surface area contributed by atoms with Crippen LogP contribution in [0.25, 0.3) is 0 Å². The van der Waals surface area contributed by atoms with Gasteiger partial charge in [0.05, 0.1) is 12.0 Å². The Kier molecular flexibility index (Phi) is 6.99. The van der Waals surface area contributed by atoms with Crippen molar-refractivity contribution in [2.45, 2.75) is 13.3 Å². The normalized spacial score (nSPS) is 9.93. The quantitative estimate of drug-likeness (QED) is 0.385. The van der Waals surface area contributed by atoms with E-state index < -0.39 is 10.8 Å². The number of nitrogens with one attached hydrogen (secondary N) is 3. The molecule has 10 heteroatoms. The number of ether oxygens (including phenoxy) is 1. The Morgan fingerprint density at radius 3 is 2.43 bits per heavy atom. The summed E-state index contributed by atoms with van der Waals surface area (Å²) in [5, 5.41) is 19.1. The summed E-state index contributed by atoms with van der Waals surface area (Å²) in [7, 11) is 1.30. The summed E-state index contributed by atoms with van der Waals surface area (Å²) in [6.45, 7) is 1.74. The molecule has 0 aromatic heterocycles. The summed E-state index contributed by atoms with van der Waals surface area (Å²) in [4.78, 5) is 34.2. The van der Waals surface area contributed by atoms with Crippen LogP contribution >= 0.6 is 12.2 Å². The number of anilines is 2. The molecule has 0 heterocycles. The summed E-state index contributed by atoms with van der Waals surface area (Å²) >= 11 is 5.11. The van der Waals surface area contributed by atoms with Crippen molar-refractivity contribution in [1.82, 2.24) is 5.32 Å². The molecule has 2 amide bonds. The average molecular weight is 402 g/mol. The zero-order valence-electron chi connectivity index (χ0n) is 15.1. The van der Waals surface area contributed by atoms with Crippen LogP contribution in [0.15, 0.2) is 42.5 Å². The molecular formula is C18H18N4O5S. The number of carbonyl (C=O) groups is 2. The SMILES string of the molecule is CCC(=O)Nc1cccc(NC(=S)NC(=O)c2ccc(OC)c([N+](=O)[O-])c2)c1. The molecule has 28 heavy (non-hydrogen) atoms. The first-order valence-corrected chi connectivity index (χ1v) is 8.59. The van der Waals surface area contributed by atoms with E-state index in [2.05, 4.69) is 16.0 Å². The van der Waals surface area contributed by atoms with Crippen molar-refractivity contribution in [2.75, 3.05) is 17.7 Å². The van der Waals surface area contributed by atoms with Gasteiger partial charge in [0.2, 0.25) is 5.91 Å². The molecule has 146 valence electrons. The second kappa shape index (κ2) is 9.42. The van der Waals surface area contributed by atoms with Gasteiger partial charge in [-0.15, -0.1) is 0 Å². The van der Waals surface area contributed by atoms with Crippen LogP contribution in [0.5, 0.6) is 5.75 Å². The van der Waals surface area contributed by atoms with Crippen LogP contribution in [-0.2, 0) is 4.79 Å². The van der Waals surface area contributed by atoms with Crippen LogP contribution in [-0.4, -0.2) is 29.0 Å². The molecule has 9 nitrogen and oxygen atoms in total. The number of carbonyl (C=O) groups excluding carboxylic acids is 2. The van der Waals surface area contributed by atoms with Gasteiger partial charge < -0.3 is 15.4 Å². The van der Waals surface area contributed by atoms with Crippen LogP contribution < -0.4 is 20.7 Å². The molecule has 0 aliphatic rings. The van der Waals surface area contributed by atoms with Crippen LogP contribution in [0, 0.1) is 10.1 Å². The lowest BCUT2D eigenvalue weighted by atomic mass is 10.1. The molecular weight excluding hydrogens is 384 g/mol. The van der Waals surface area contributed by atoms with Crippen molar-refractivity contribution in [3.63, 3.8) is 0 Å². The van der Waals surface area contributed by atoms with Crippen molar-refractivity contribution < 1.29 is 19.2 Å². The fourth-order valence-corrected chi connectivity index (χ4v) is 2.45. The Bertz CT molecular complexity index is 932. The van der Waals surface area contributed by atoms with E-state index in [0.29, 0.717) is 17.8 Å². The van der Waals surface area contributed by atoms with Gasteiger partial charge in [0.25, 0.3) is 5.91 Å². The molecule has 2 aromatic rings. The highest BCUT2D eigenvalue weighted by molar-refractivity contribution is 7.80. The lowest BCUT2D eigenvalue weighted by Gasteiger charge is -2.11. The molecule has 0 radical (unpaired) electrons. The molecule has 0 bridgehead atoms. The predicted molar refractivity (Wildman–Crippen MR) is 109 cm³/mol. The Morgan fingerprint density at radius 1 is 1.14 bits per heavy atom. The highest BCUT2D eigenvalue weighted by Crippen LogP contribution is 2.27. The van der Waals surface area contributed by atoms with E-state index >= 15 is 0 Å². The molecule has 2 aromatic carbocycles. The maximum absolute atomic E-state index is 12.3. The predicted octanol–water partition coefficient (Wildman–Crippen LogP) is 3.08. The first-order valence-electron chi connectivity index (χ1n) is 8.18. The lowest BCUT2D eigenvalue weighted by Crippen LogP contribution is -2.34. The Hall–Kier alpha value is -3.53. The minimum Gasteiger partial charge on any atom is -0.490 e. The Labute approximate surface area is 166 Å². The number of thiocarbonyl (C=S) groups is 1. The van der Waals surface area contributed by atoms with E-state index in [0.717, 1.165) is 6.07 Å². The van der Waals surface area contributed by atoms with Gasteiger partial charge in [-0.05, 0) is 42.5 Å². The summed E-state index contributed by atoms with van der Waals surface area (Å²) in [5.74, 6) is -0.694. The standard InChI is InChI=1S/C18H18N4O5S/c1-3-16(23)19-12-5-4-6-13(10-12)20-18(28)21-17(24)11-7-8-15(27-2)14(9-11)22(25)26/h4-10H,3H2,1-2H3,(H,19,23)(H2,20,21,24,28). The van der Waals surface area contributed by atoms with Gasteiger partial charge in [-0.2, -0.15) is 0 Å².